The Morgan fingerprint density at radius 2 is 1.81 bits per heavy atom. The first kappa shape index (κ1) is 13.6. The Morgan fingerprint density at radius 3 is 2.57 bits per heavy atom. The molecule has 0 bridgehead atoms. The molecule has 0 aliphatic heterocycles. The average molecular weight is 282 g/mol. The molecule has 108 valence electrons. The zero-order valence-corrected chi connectivity index (χ0v) is 11.9. The lowest BCUT2D eigenvalue weighted by atomic mass is 10.3. The highest BCUT2D eigenvalue weighted by molar-refractivity contribution is 5.76. The van der Waals surface area contributed by atoms with Crippen molar-refractivity contribution in [3.63, 3.8) is 0 Å². The molecule has 2 aromatic carbocycles. The van der Waals surface area contributed by atoms with Crippen molar-refractivity contribution in [1.82, 2.24) is 9.55 Å². The smallest absolute Gasteiger partial charge is 0.138 e. The van der Waals surface area contributed by atoms with Crippen LogP contribution in [0.3, 0.4) is 0 Å². The number of ether oxygens (including phenoxy) is 1. The normalized spacial score (nSPS) is 12.5. The summed E-state index contributed by atoms with van der Waals surface area (Å²) in [6, 6.07) is 17.6. The lowest BCUT2D eigenvalue weighted by Gasteiger charge is -2.12. The lowest BCUT2D eigenvalue weighted by molar-refractivity contribution is 0.181. The van der Waals surface area contributed by atoms with Crippen LogP contribution < -0.4 is 4.74 Å². The van der Waals surface area contributed by atoms with Crippen LogP contribution in [0.2, 0.25) is 0 Å². The number of aliphatic hydroxyl groups is 1. The molecule has 3 rings (SSSR count). The summed E-state index contributed by atoms with van der Waals surface area (Å²) in [4.78, 5) is 4.50. The summed E-state index contributed by atoms with van der Waals surface area (Å²) in [5, 5.41) is 9.90. The van der Waals surface area contributed by atoms with Crippen LogP contribution in [0.5, 0.6) is 5.75 Å². The van der Waals surface area contributed by atoms with Gasteiger partial charge in [0.25, 0.3) is 0 Å². The molecule has 0 aliphatic carbocycles. The Bertz CT molecular complexity index is 720. The minimum atomic E-state index is -0.603. The Morgan fingerprint density at radius 1 is 1.10 bits per heavy atom. The number of para-hydroxylation sites is 3. The standard InChI is InChI=1S/C17H18N2O2/c1-13(20)17-18-15-9-5-6-10-16(15)19(17)11-12-21-14-7-3-2-4-8-14/h2-10,13,20H,11-12H2,1H3/t13-/m0/s1. The molecule has 0 fully saturated rings. The monoisotopic (exact) mass is 282 g/mol. The van der Waals surface area contributed by atoms with E-state index < -0.39 is 6.10 Å². The van der Waals surface area contributed by atoms with Gasteiger partial charge in [-0.1, -0.05) is 30.3 Å². The zero-order chi connectivity index (χ0) is 14.7. The van der Waals surface area contributed by atoms with Gasteiger partial charge in [0.15, 0.2) is 0 Å². The number of nitrogens with zero attached hydrogens (tertiary/aromatic N) is 2. The third kappa shape index (κ3) is 2.90. The van der Waals surface area contributed by atoms with Gasteiger partial charge in [0, 0.05) is 0 Å². The Labute approximate surface area is 123 Å². The number of hydrogen-bond acceptors (Lipinski definition) is 3. The van der Waals surface area contributed by atoms with Crippen molar-refractivity contribution in [2.24, 2.45) is 0 Å². The molecule has 0 unspecified atom stereocenters. The molecular weight excluding hydrogens is 264 g/mol. The van der Waals surface area contributed by atoms with Gasteiger partial charge in [0.2, 0.25) is 0 Å². The molecule has 21 heavy (non-hydrogen) atoms. The van der Waals surface area contributed by atoms with Crippen molar-refractivity contribution < 1.29 is 9.84 Å². The van der Waals surface area contributed by atoms with E-state index in [1.165, 1.54) is 0 Å². The summed E-state index contributed by atoms with van der Waals surface area (Å²) in [5.74, 6) is 1.52. The van der Waals surface area contributed by atoms with Crippen LogP contribution in [-0.4, -0.2) is 21.3 Å². The molecule has 4 heteroatoms. The van der Waals surface area contributed by atoms with E-state index in [1.807, 2.05) is 59.2 Å². The predicted molar refractivity (Wildman–Crippen MR) is 82.3 cm³/mol. The van der Waals surface area contributed by atoms with Crippen molar-refractivity contribution in [3.05, 3.63) is 60.4 Å². The Kier molecular flexibility index (Phi) is 3.88. The Hall–Kier alpha value is -2.33. The van der Waals surface area contributed by atoms with E-state index in [4.69, 9.17) is 4.74 Å². The average Bonchev–Trinajstić information content (AvgIpc) is 2.88. The van der Waals surface area contributed by atoms with Gasteiger partial charge in [-0.2, -0.15) is 0 Å². The molecule has 4 nitrogen and oxygen atoms in total. The minimum absolute atomic E-state index is 0.532. The number of imidazole rings is 1. The van der Waals surface area contributed by atoms with Gasteiger partial charge in [-0.15, -0.1) is 0 Å². The fourth-order valence-corrected chi connectivity index (χ4v) is 2.42. The van der Waals surface area contributed by atoms with Gasteiger partial charge in [0.1, 0.15) is 24.3 Å². The zero-order valence-electron chi connectivity index (χ0n) is 11.9. The topological polar surface area (TPSA) is 47.3 Å². The van der Waals surface area contributed by atoms with Crippen LogP contribution >= 0.6 is 0 Å². The van der Waals surface area contributed by atoms with Gasteiger partial charge in [0.05, 0.1) is 17.6 Å². The molecule has 1 atom stereocenters. The van der Waals surface area contributed by atoms with E-state index in [-0.39, 0.29) is 0 Å². The van der Waals surface area contributed by atoms with E-state index in [2.05, 4.69) is 4.98 Å². The van der Waals surface area contributed by atoms with Crippen molar-refractivity contribution in [3.8, 4) is 5.75 Å². The van der Waals surface area contributed by atoms with E-state index in [9.17, 15) is 5.11 Å². The molecule has 1 heterocycles. The van der Waals surface area contributed by atoms with Gasteiger partial charge in [-0.05, 0) is 31.2 Å². The fourth-order valence-electron chi connectivity index (χ4n) is 2.42. The van der Waals surface area contributed by atoms with Crippen molar-refractivity contribution >= 4 is 11.0 Å². The number of aromatic nitrogens is 2. The molecular formula is C17H18N2O2. The minimum Gasteiger partial charge on any atom is -0.492 e. The quantitative estimate of drug-likeness (QED) is 0.782. The third-order valence-electron chi connectivity index (χ3n) is 3.38. The van der Waals surface area contributed by atoms with Gasteiger partial charge in [-0.3, -0.25) is 0 Å². The highest BCUT2D eigenvalue weighted by Crippen LogP contribution is 2.20. The van der Waals surface area contributed by atoms with Crippen molar-refractivity contribution in [2.45, 2.75) is 19.6 Å². The van der Waals surface area contributed by atoms with E-state index >= 15 is 0 Å². The molecule has 0 radical (unpaired) electrons. The summed E-state index contributed by atoms with van der Waals surface area (Å²) in [6.07, 6.45) is -0.603. The summed E-state index contributed by atoms with van der Waals surface area (Å²) < 4.78 is 7.75. The highest BCUT2D eigenvalue weighted by atomic mass is 16.5. The van der Waals surface area contributed by atoms with E-state index in [1.54, 1.807) is 6.92 Å². The van der Waals surface area contributed by atoms with Crippen LogP contribution in [0.25, 0.3) is 11.0 Å². The molecule has 1 N–H and O–H groups in total. The van der Waals surface area contributed by atoms with Crippen LogP contribution in [0, 0.1) is 0 Å². The molecule has 0 saturated carbocycles. The first-order valence-electron chi connectivity index (χ1n) is 7.07. The summed E-state index contributed by atoms with van der Waals surface area (Å²) in [5.41, 5.74) is 1.91. The van der Waals surface area contributed by atoms with Crippen LogP contribution in [-0.2, 0) is 6.54 Å². The highest BCUT2D eigenvalue weighted by Gasteiger charge is 2.14. The van der Waals surface area contributed by atoms with Gasteiger partial charge < -0.3 is 14.4 Å². The van der Waals surface area contributed by atoms with Gasteiger partial charge in [-0.25, -0.2) is 4.98 Å². The maximum Gasteiger partial charge on any atom is 0.138 e. The van der Waals surface area contributed by atoms with Crippen LogP contribution in [0.1, 0.15) is 18.9 Å². The van der Waals surface area contributed by atoms with E-state index in [0.717, 1.165) is 16.8 Å². The summed E-state index contributed by atoms with van der Waals surface area (Å²) in [6.45, 7) is 2.91. The maximum atomic E-state index is 9.90. The second kappa shape index (κ2) is 5.97. The molecule has 0 amide bonds. The summed E-state index contributed by atoms with van der Waals surface area (Å²) in [7, 11) is 0. The number of rotatable bonds is 5. The lowest BCUT2D eigenvalue weighted by Crippen LogP contribution is -2.12. The summed E-state index contributed by atoms with van der Waals surface area (Å²) >= 11 is 0. The van der Waals surface area contributed by atoms with Crippen LogP contribution in [0.15, 0.2) is 54.6 Å². The third-order valence-corrected chi connectivity index (χ3v) is 3.38. The van der Waals surface area contributed by atoms with Crippen molar-refractivity contribution in [2.75, 3.05) is 6.61 Å². The van der Waals surface area contributed by atoms with Gasteiger partial charge >= 0.3 is 0 Å². The number of hydrogen-bond donors (Lipinski definition) is 1. The second-order valence-corrected chi connectivity index (χ2v) is 4.95. The van der Waals surface area contributed by atoms with Crippen LogP contribution in [0.4, 0.5) is 0 Å². The largest absolute Gasteiger partial charge is 0.492 e. The van der Waals surface area contributed by atoms with E-state index in [0.29, 0.717) is 19.0 Å². The molecule has 0 spiro atoms. The first-order valence-corrected chi connectivity index (χ1v) is 7.07. The second-order valence-electron chi connectivity index (χ2n) is 4.95. The SMILES string of the molecule is C[C@H](O)c1nc2ccccc2n1CCOc1ccccc1. The maximum absolute atomic E-state index is 9.90. The Balaban J connectivity index is 1.81. The van der Waals surface area contributed by atoms with Crippen molar-refractivity contribution in [1.29, 1.82) is 0 Å². The number of aliphatic hydroxyl groups excluding tert-OH is 1. The fraction of sp³-hybridized carbons (Fsp3) is 0.235. The predicted octanol–water partition coefficient (Wildman–Crippen LogP) is 3.17. The molecule has 3 aromatic rings. The number of fused-ring (bicyclic) bond motifs is 1. The number of benzene rings is 2. The first-order chi connectivity index (χ1) is 10.3. The molecule has 1 aromatic heterocycles. The molecule has 0 aliphatic rings. The molecule has 0 saturated heterocycles.